The fraction of sp³-hybridized carbons (Fsp3) is 0.348. The summed E-state index contributed by atoms with van der Waals surface area (Å²) in [5.41, 5.74) is 4.85. The Kier molecular flexibility index (Phi) is 7.95. The number of benzene rings is 2. The van der Waals surface area contributed by atoms with Gasteiger partial charge >= 0.3 is 5.97 Å². The van der Waals surface area contributed by atoms with Crippen molar-refractivity contribution < 1.29 is 19.1 Å². The van der Waals surface area contributed by atoms with E-state index in [0.29, 0.717) is 0 Å². The standard InChI is InChI=1S/C23H28N2O4/c1-5-19-8-6-7-9-20(19)24-21(26)14-25(4)22(27)15-29-23(28)13-18-11-10-16(2)17(3)12-18/h6-12H,5,13-15H2,1-4H3,(H,24,26). The number of carbonyl (C=O) groups is 3. The maximum absolute atomic E-state index is 12.2. The minimum absolute atomic E-state index is 0.104. The normalized spacial score (nSPS) is 10.3. The second-order valence-electron chi connectivity index (χ2n) is 7.06. The van der Waals surface area contributed by atoms with Crippen LogP contribution < -0.4 is 5.32 Å². The summed E-state index contributed by atoms with van der Waals surface area (Å²) in [4.78, 5) is 37.6. The summed E-state index contributed by atoms with van der Waals surface area (Å²) in [7, 11) is 1.50. The minimum atomic E-state index is -0.476. The SMILES string of the molecule is CCc1ccccc1NC(=O)CN(C)C(=O)COC(=O)Cc1ccc(C)c(C)c1. The molecule has 6 heteroatoms. The number of nitrogens with one attached hydrogen (secondary N) is 1. The van der Waals surface area contributed by atoms with Gasteiger partial charge in [-0.15, -0.1) is 0 Å². The first-order valence-electron chi connectivity index (χ1n) is 9.63. The first-order valence-corrected chi connectivity index (χ1v) is 9.63. The van der Waals surface area contributed by atoms with Gasteiger partial charge in [-0.2, -0.15) is 0 Å². The number of nitrogens with zero attached hydrogens (tertiary/aromatic N) is 1. The number of amides is 2. The summed E-state index contributed by atoms with van der Waals surface area (Å²) < 4.78 is 5.07. The molecular formula is C23H28N2O4. The van der Waals surface area contributed by atoms with Crippen molar-refractivity contribution in [2.24, 2.45) is 0 Å². The van der Waals surface area contributed by atoms with Gasteiger partial charge in [0.2, 0.25) is 5.91 Å². The minimum Gasteiger partial charge on any atom is -0.455 e. The first kappa shape index (κ1) is 22.1. The summed E-state index contributed by atoms with van der Waals surface area (Å²) >= 11 is 0. The molecular weight excluding hydrogens is 368 g/mol. The summed E-state index contributed by atoms with van der Waals surface area (Å²) in [6, 6.07) is 13.3. The second kappa shape index (κ2) is 10.4. The molecule has 6 nitrogen and oxygen atoms in total. The van der Waals surface area contributed by atoms with Gasteiger partial charge in [-0.25, -0.2) is 0 Å². The van der Waals surface area contributed by atoms with E-state index in [2.05, 4.69) is 5.32 Å². The molecule has 0 heterocycles. The Balaban J connectivity index is 1.79. The maximum atomic E-state index is 12.2. The lowest BCUT2D eigenvalue weighted by molar-refractivity contribution is -0.151. The second-order valence-corrected chi connectivity index (χ2v) is 7.06. The first-order chi connectivity index (χ1) is 13.8. The number of rotatable bonds is 8. The molecule has 0 saturated heterocycles. The number of para-hydroxylation sites is 1. The molecule has 0 aliphatic heterocycles. The van der Waals surface area contributed by atoms with Crippen LogP contribution in [-0.4, -0.2) is 42.9 Å². The molecule has 0 aliphatic carbocycles. The average Bonchev–Trinajstić information content (AvgIpc) is 2.69. The van der Waals surface area contributed by atoms with Crippen LogP contribution in [0.5, 0.6) is 0 Å². The van der Waals surface area contributed by atoms with E-state index >= 15 is 0 Å². The average molecular weight is 396 g/mol. The number of aryl methyl sites for hydroxylation is 3. The molecule has 2 amide bonds. The van der Waals surface area contributed by atoms with Gasteiger partial charge in [0.15, 0.2) is 6.61 Å². The van der Waals surface area contributed by atoms with Gasteiger partial charge in [-0.1, -0.05) is 43.3 Å². The Morgan fingerprint density at radius 2 is 1.76 bits per heavy atom. The van der Waals surface area contributed by atoms with Crippen LogP contribution in [0.1, 0.15) is 29.2 Å². The monoisotopic (exact) mass is 396 g/mol. The highest BCUT2D eigenvalue weighted by molar-refractivity contribution is 5.95. The van der Waals surface area contributed by atoms with Gasteiger partial charge in [0.25, 0.3) is 5.91 Å². The number of hydrogen-bond acceptors (Lipinski definition) is 4. The van der Waals surface area contributed by atoms with Crippen LogP contribution in [0.15, 0.2) is 42.5 Å². The molecule has 1 N–H and O–H groups in total. The van der Waals surface area contributed by atoms with E-state index in [1.165, 1.54) is 11.9 Å². The van der Waals surface area contributed by atoms with Gasteiger partial charge in [0.1, 0.15) is 0 Å². The number of likely N-dealkylation sites (N-methyl/N-ethyl adjacent to an activating group) is 1. The zero-order valence-corrected chi connectivity index (χ0v) is 17.5. The van der Waals surface area contributed by atoms with Crippen LogP contribution in [0.2, 0.25) is 0 Å². The Labute approximate surface area is 171 Å². The van der Waals surface area contributed by atoms with Crippen LogP contribution in [0.4, 0.5) is 5.69 Å². The van der Waals surface area contributed by atoms with Crippen molar-refractivity contribution in [3.63, 3.8) is 0 Å². The van der Waals surface area contributed by atoms with Crippen LogP contribution in [-0.2, 0) is 32.0 Å². The van der Waals surface area contributed by atoms with Crippen molar-refractivity contribution in [1.82, 2.24) is 4.90 Å². The van der Waals surface area contributed by atoms with Crippen molar-refractivity contribution >= 4 is 23.5 Å². The number of hydrogen-bond donors (Lipinski definition) is 1. The number of carbonyl (C=O) groups excluding carboxylic acids is 3. The van der Waals surface area contributed by atoms with E-state index in [1.54, 1.807) is 0 Å². The molecule has 0 unspecified atom stereocenters. The van der Waals surface area contributed by atoms with Crippen LogP contribution >= 0.6 is 0 Å². The molecule has 154 valence electrons. The van der Waals surface area contributed by atoms with Crippen molar-refractivity contribution in [2.75, 3.05) is 25.5 Å². The smallest absolute Gasteiger partial charge is 0.310 e. The molecule has 0 fully saturated rings. The van der Waals surface area contributed by atoms with E-state index in [0.717, 1.165) is 34.4 Å². The molecule has 29 heavy (non-hydrogen) atoms. The van der Waals surface area contributed by atoms with Crippen molar-refractivity contribution in [3.05, 3.63) is 64.7 Å². The fourth-order valence-electron chi connectivity index (χ4n) is 2.83. The van der Waals surface area contributed by atoms with Gasteiger partial charge < -0.3 is 15.0 Å². The molecule has 0 saturated carbocycles. The third-order valence-corrected chi connectivity index (χ3v) is 4.76. The molecule has 2 rings (SSSR count). The molecule has 0 atom stereocenters. The lowest BCUT2D eigenvalue weighted by atomic mass is 10.0. The van der Waals surface area contributed by atoms with E-state index < -0.39 is 11.9 Å². The number of esters is 1. The molecule has 2 aromatic rings. The highest BCUT2D eigenvalue weighted by atomic mass is 16.5. The Morgan fingerprint density at radius 3 is 2.45 bits per heavy atom. The largest absolute Gasteiger partial charge is 0.455 e. The molecule has 0 aliphatic rings. The predicted molar refractivity (Wildman–Crippen MR) is 113 cm³/mol. The highest BCUT2D eigenvalue weighted by Gasteiger charge is 2.16. The van der Waals surface area contributed by atoms with Gasteiger partial charge in [-0.05, 0) is 48.6 Å². The quantitative estimate of drug-likeness (QED) is 0.696. The molecule has 0 radical (unpaired) electrons. The fourth-order valence-corrected chi connectivity index (χ4v) is 2.83. The highest BCUT2D eigenvalue weighted by Crippen LogP contribution is 2.15. The Bertz CT molecular complexity index is 892. The lowest BCUT2D eigenvalue weighted by Gasteiger charge is -2.17. The Hall–Kier alpha value is -3.15. The van der Waals surface area contributed by atoms with Crippen LogP contribution in [0.3, 0.4) is 0 Å². The van der Waals surface area contributed by atoms with Crippen molar-refractivity contribution in [2.45, 2.75) is 33.6 Å². The Morgan fingerprint density at radius 1 is 1.03 bits per heavy atom. The zero-order valence-electron chi connectivity index (χ0n) is 17.5. The molecule has 0 spiro atoms. The number of anilines is 1. The van der Waals surface area contributed by atoms with Gasteiger partial charge in [-0.3, -0.25) is 14.4 Å². The van der Waals surface area contributed by atoms with E-state index in [-0.39, 0.29) is 25.5 Å². The van der Waals surface area contributed by atoms with Crippen molar-refractivity contribution in [1.29, 1.82) is 0 Å². The molecule has 0 bridgehead atoms. The predicted octanol–water partition coefficient (Wildman–Crippen LogP) is 3.05. The summed E-state index contributed by atoms with van der Waals surface area (Å²) in [5, 5.41) is 2.81. The van der Waals surface area contributed by atoms with E-state index in [4.69, 9.17) is 4.74 Å². The topological polar surface area (TPSA) is 75.7 Å². The van der Waals surface area contributed by atoms with Gasteiger partial charge in [0, 0.05) is 12.7 Å². The summed E-state index contributed by atoms with van der Waals surface area (Å²) in [5.74, 6) is -1.21. The maximum Gasteiger partial charge on any atom is 0.310 e. The molecule has 0 aromatic heterocycles. The molecule has 2 aromatic carbocycles. The van der Waals surface area contributed by atoms with Crippen molar-refractivity contribution in [3.8, 4) is 0 Å². The van der Waals surface area contributed by atoms with E-state index in [9.17, 15) is 14.4 Å². The third kappa shape index (κ3) is 6.75. The summed E-state index contributed by atoms with van der Waals surface area (Å²) in [6.07, 6.45) is 0.897. The third-order valence-electron chi connectivity index (χ3n) is 4.76. The van der Waals surface area contributed by atoms with Crippen LogP contribution in [0, 0.1) is 13.8 Å². The lowest BCUT2D eigenvalue weighted by Crippen LogP contribution is -2.37. The van der Waals surface area contributed by atoms with Crippen LogP contribution in [0.25, 0.3) is 0 Å². The zero-order chi connectivity index (χ0) is 21.4. The van der Waals surface area contributed by atoms with E-state index in [1.807, 2.05) is 63.2 Å². The van der Waals surface area contributed by atoms with Gasteiger partial charge in [0.05, 0.1) is 13.0 Å². The summed E-state index contributed by atoms with van der Waals surface area (Å²) in [6.45, 7) is 5.48. The number of ether oxygens (including phenoxy) is 1.